The number of amides is 1. The molecule has 1 atom stereocenters. The van der Waals surface area contributed by atoms with E-state index in [-0.39, 0.29) is 37.2 Å². The molecular weight excluding hydrogens is 465 g/mol. The van der Waals surface area contributed by atoms with Crippen molar-refractivity contribution in [3.63, 3.8) is 0 Å². The number of methoxy groups -OCH3 is 1. The second-order valence-electron chi connectivity index (χ2n) is 8.36. The average molecular weight is 488 g/mol. The van der Waals surface area contributed by atoms with Gasteiger partial charge in [-0.05, 0) is 30.2 Å². The predicted octanol–water partition coefficient (Wildman–Crippen LogP) is 2.79. The lowest BCUT2D eigenvalue weighted by molar-refractivity contribution is -0.140. The summed E-state index contributed by atoms with van der Waals surface area (Å²) >= 11 is 0. The number of aryl methyl sites for hydroxylation is 1. The van der Waals surface area contributed by atoms with Gasteiger partial charge in [-0.2, -0.15) is 4.98 Å². The molecule has 13 heteroatoms. The molecule has 184 valence electrons. The summed E-state index contributed by atoms with van der Waals surface area (Å²) in [7, 11) is 1.44. The molecule has 0 saturated carbocycles. The van der Waals surface area contributed by atoms with Gasteiger partial charge < -0.3 is 15.0 Å². The maximum atomic E-state index is 14.7. The lowest BCUT2D eigenvalue weighted by Crippen LogP contribution is -2.55. The summed E-state index contributed by atoms with van der Waals surface area (Å²) in [6.45, 7) is 0.351. The summed E-state index contributed by atoms with van der Waals surface area (Å²) in [6.07, 6.45) is 1.73. The molecule has 1 fully saturated rings. The van der Waals surface area contributed by atoms with E-state index >= 15 is 0 Å². The van der Waals surface area contributed by atoms with Gasteiger partial charge in [0.05, 0.1) is 31.8 Å². The fraction of sp³-hybridized carbons (Fsp3) is 0.409. The van der Waals surface area contributed by atoms with Gasteiger partial charge in [-0.1, -0.05) is 11.3 Å². The molecule has 35 heavy (non-hydrogen) atoms. The van der Waals surface area contributed by atoms with Crippen molar-refractivity contribution in [2.75, 3.05) is 32.2 Å². The van der Waals surface area contributed by atoms with E-state index in [2.05, 4.69) is 25.7 Å². The van der Waals surface area contributed by atoms with E-state index in [0.29, 0.717) is 16.6 Å². The molecule has 0 radical (unpaired) electrons. The van der Waals surface area contributed by atoms with Gasteiger partial charge in [-0.15, -0.1) is 10.2 Å². The van der Waals surface area contributed by atoms with Gasteiger partial charge in [0, 0.05) is 25.2 Å². The number of carbonyl (C=O) groups excluding carboxylic acids is 1. The number of likely N-dealkylation sites (tertiary alicyclic amines) is 1. The van der Waals surface area contributed by atoms with E-state index in [4.69, 9.17) is 4.74 Å². The zero-order valence-corrected chi connectivity index (χ0v) is 19.1. The molecule has 10 nitrogen and oxygen atoms in total. The topological polar surface area (TPSA) is 102 Å². The van der Waals surface area contributed by atoms with Crippen LogP contribution in [0.5, 0.6) is 5.88 Å². The number of halogens is 3. The monoisotopic (exact) mass is 488 g/mol. The number of nitrogens with zero attached hydrogens (tertiary/aromatic N) is 7. The third kappa shape index (κ3) is 4.10. The number of hydrogen-bond acceptors (Lipinski definition) is 7. The van der Waals surface area contributed by atoms with E-state index in [1.165, 1.54) is 23.2 Å². The van der Waals surface area contributed by atoms with Crippen molar-refractivity contribution in [3.05, 3.63) is 30.5 Å². The van der Waals surface area contributed by atoms with Crippen LogP contribution in [0.15, 0.2) is 30.5 Å². The Bertz CT molecular complexity index is 1400. The number of fused-ring (bicyclic) bond motifs is 2. The normalized spacial score (nSPS) is 17.7. The van der Waals surface area contributed by atoms with Crippen LogP contribution in [-0.2, 0) is 11.3 Å². The molecule has 1 N–H and O–H groups in total. The van der Waals surface area contributed by atoms with E-state index < -0.39 is 25.2 Å². The van der Waals surface area contributed by atoms with Crippen molar-refractivity contribution in [1.82, 2.24) is 34.5 Å². The number of hydrogen-bond donors (Lipinski definition) is 1. The number of anilines is 1. The van der Waals surface area contributed by atoms with Gasteiger partial charge in [0.2, 0.25) is 17.7 Å². The summed E-state index contributed by atoms with van der Waals surface area (Å²) < 4.78 is 50.7. The number of ether oxygens (including phenoxy) is 1. The Labute approximate surface area is 197 Å². The van der Waals surface area contributed by atoms with E-state index in [1.54, 1.807) is 18.3 Å². The summed E-state index contributed by atoms with van der Waals surface area (Å²) in [5.41, 5.74) is 3.38. The van der Waals surface area contributed by atoms with Crippen molar-refractivity contribution in [2.24, 2.45) is 0 Å². The Hall–Kier alpha value is -3.90. The molecule has 0 aliphatic carbocycles. The molecule has 1 aromatic carbocycles. The SMILES string of the molecule is COc1nc(NC2CCN(C(C)=O)CC2(F)F)nn2ccc(-c3ccc4nnn(CCF)c4c3)c12. The molecule has 1 saturated heterocycles. The first kappa shape index (κ1) is 22.9. The number of piperidine rings is 1. The first-order valence-corrected chi connectivity index (χ1v) is 11.0. The summed E-state index contributed by atoms with van der Waals surface area (Å²) in [6, 6.07) is 6.05. The highest BCUT2D eigenvalue weighted by atomic mass is 19.3. The minimum absolute atomic E-state index is 0.0156. The van der Waals surface area contributed by atoms with Crippen LogP contribution in [0.4, 0.5) is 19.1 Å². The third-order valence-corrected chi connectivity index (χ3v) is 6.14. The highest BCUT2D eigenvalue weighted by Crippen LogP contribution is 2.34. The van der Waals surface area contributed by atoms with Crippen LogP contribution in [0.2, 0.25) is 0 Å². The van der Waals surface area contributed by atoms with E-state index in [0.717, 1.165) is 16.0 Å². The molecule has 0 spiro atoms. The van der Waals surface area contributed by atoms with Crippen molar-refractivity contribution >= 4 is 28.4 Å². The molecule has 4 aromatic rings. The molecule has 3 aromatic heterocycles. The Morgan fingerprint density at radius 1 is 1.31 bits per heavy atom. The standard InChI is InChI=1S/C22H23F3N8O2/c1-13(34)31-8-6-18(22(24,25)12-31)26-21-27-20(35-2)19-15(5-9-33(19)29-21)14-3-4-16-17(11-14)32(10-7-23)30-28-16/h3-5,9,11,18H,6-8,10,12H2,1-2H3,(H,26,29). The largest absolute Gasteiger partial charge is 0.479 e. The smallest absolute Gasteiger partial charge is 0.285 e. The van der Waals surface area contributed by atoms with Crippen LogP contribution >= 0.6 is 0 Å². The van der Waals surface area contributed by atoms with Crippen LogP contribution in [0, 0.1) is 0 Å². The molecule has 1 aliphatic rings. The molecule has 5 rings (SSSR count). The molecule has 4 heterocycles. The van der Waals surface area contributed by atoms with Gasteiger partial charge in [0.15, 0.2) is 0 Å². The van der Waals surface area contributed by atoms with Crippen molar-refractivity contribution in [1.29, 1.82) is 0 Å². The van der Waals surface area contributed by atoms with Crippen molar-refractivity contribution in [3.8, 4) is 17.0 Å². The van der Waals surface area contributed by atoms with Gasteiger partial charge in [-0.25, -0.2) is 22.4 Å². The molecule has 1 aliphatic heterocycles. The van der Waals surface area contributed by atoms with Crippen LogP contribution in [0.3, 0.4) is 0 Å². The fourth-order valence-electron chi connectivity index (χ4n) is 4.35. The van der Waals surface area contributed by atoms with E-state index in [1.807, 2.05) is 12.1 Å². The zero-order valence-electron chi connectivity index (χ0n) is 19.1. The average Bonchev–Trinajstić information content (AvgIpc) is 3.44. The van der Waals surface area contributed by atoms with Gasteiger partial charge >= 0.3 is 0 Å². The zero-order chi connectivity index (χ0) is 24.7. The maximum absolute atomic E-state index is 14.7. The molecular formula is C22H23F3N8O2. The Morgan fingerprint density at radius 2 is 2.14 bits per heavy atom. The third-order valence-electron chi connectivity index (χ3n) is 6.14. The summed E-state index contributed by atoms with van der Waals surface area (Å²) in [5, 5.41) is 15.1. The number of carbonyl (C=O) groups is 1. The second kappa shape index (κ2) is 8.71. The van der Waals surface area contributed by atoms with Gasteiger partial charge in [-0.3, -0.25) is 4.79 Å². The Kier molecular flexibility index (Phi) is 5.69. The van der Waals surface area contributed by atoms with Crippen molar-refractivity contribution < 1.29 is 22.7 Å². The first-order chi connectivity index (χ1) is 16.8. The molecule has 1 amide bonds. The van der Waals surface area contributed by atoms with Gasteiger partial charge in [0.25, 0.3) is 5.92 Å². The molecule has 1 unspecified atom stereocenters. The number of alkyl halides is 3. The van der Waals surface area contributed by atoms with Crippen LogP contribution in [0.1, 0.15) is 13.3 Å². The number of nitrogens with one attached hydrogen (secondary N) is 1. The lowest BCUT2D eigenvalue weighted by atomic mass is 10.0. The second-order valence-corrected chi connectivity index (χ2v) is 8.36. The lowest BCUT2D eigenvalue weighted by Gasteiger charge is -2.38. The highest BCUT2D eigenvalue weighted by Gasteiger charge is 2.45. The Balaban J connectivity index is 1.49. The predicted molar refractivity (Wildman–Crippen MR) is 121 cm³/mol. The quantitative estimate of drug-likeness (QED) is 0.445. The Morgan fingerprint density at radius 3 is 2.86 bits per heavy atom. The molecule has 0 bridgehead atoms. The number of rotatable bonds is 6. The maximum Gasteiger partial charge on any atom is 0.285 e. The number of aromatic nitrogens is 6. The van der Waals surface area contributed by atoms with Crippen LogP contribution in [0.25, 0.3) is 27.7 Å². The van der Waals surface area contributed by atoms with Crippen molar-refractivity contribution in [2.45, 2.75) is 31.9 Å². The number of benzene rings is 1. The fourth-order valence-corrected chi connectivity index (χ4v) is 4.35. The minimum Gasteiger partial charge on any atom is -0.479 e. The summed E-state index contributed by atoms with van der Waals surface area (Å²) in [5.74, 6) is -3.35. The van der Waals surface area contributed by atoms with E-state index in [9.17, 15) is 18.0 Å². The highest BCUT2D eigenvalue weighted by molar-refractivity contribution is 5.89. The van der Waals surface area contributed by atoms with Crippen LogP contribution < -0.4 is 10.1 Å². The first-order valence-electron chi connectivity index (χ1n) is 11.0. The minimum atomic E-state index is -3.15. The van der Waals surface area contributed by atoms with Gasteiger partial charge in [0.1, 0.15) is 17.7 Å². The summed E-state index contributed by atoms with van der Waals surface area (Å²) in [4.78, 5) is 17.0. The van der Waals surface area contributed by atoms with Crippen LogP contribution in [-0.4, -0.2) is 79.2 Å².